The molecular formula is C20H30N3O5. The first-order chi connectivity index (χ1) is 13.1. The molecule has 0 bridgehead atoms. The van der Waals surface area contributed by atoms with Crippen LogP contribution in [0.25, 0.3) is 0 Å². The molecule has 0 aliphatic carbocycles. The quantitative estimate of drug-likeness (QED) is 0.363. The van der Waals surface area contributed by atoms with Crippen LogP contribution in [0, 0.1) is 5.92 Å². The van der Waals surface area contributed by atoms with Crippen LogP contribution in [0.2, 0.25) is 0 Å². The van der Waals surface area contributed by atoms with Gasteiger partial charge in [0.05, 0.1) is 24.2 Å². The fourth-order valence-corrected chi connectivity index (χ4v) is 2.54. The lowest BCUT2D eigenvalue weighted by atomic mass is 9.97. The topological polar surface area (TPSA) is 142 Å². The molecule has 8 nitrogen and oxygen atoms in total. The average molecular weight is 392 g/mol. The molecule has 1 aromatic rings. The van der Waals surface area contributed by atoms with Gasteiger partial charge in [0.2, 0.25) is 18.1 Å². The van der Waals surface area contributed by atoms with Crippen molar-refractivity contribution >= 4 is 18.1 Å². The van der Waals surface area contributed by atoms with Crippen LogP contribution in [0.1, 0.15) is 39.2 Å². The highest BCUT2D eigenvalue weighted by Gasteiger charge is 2.24. The monoisotopic (exact) mass is 392 g/mol. The van der Waals surface area contributed by atoms with E-state index < -0.39 is 30.1 Å². The van der Waals surface area contributed by atoms with Crippen LogP contribution < -0.4 is 16.4 Å². The van der Waals surface area contributed by atoms with Crippen molar-refractivity contribution in [1.82, 2.24) is 10.6 Å². The number of amides is 2. The van der Waals surface area contributed by atoms with Crippen molar-refractivity contribution in [3.8, 4) is 5.75 Å². The van der Waals surface area contributed by atoms with Gasteiger partial charge in [-0.15, -0.1) is 0 Å². The van der Waals surface area contributed by atoms with Crippen molar-refractivity contribution in [3.05, 3.63) is 29.8 Å². The molecule has 0 saturated heterocycles. The number of aromatic hydroxyl groups is 1. The number of carbonyl (C=O) groups is 2. The highest BCUT2D eigenvalue weighted by Crippen LogP contribution is 2.14. The second-order valence-corrected chi connectivity index (χ2v) is 7.29. The van der Waals surface area contributed by atoms with E-state index >= 15 is 0 Å². The molecular weight excluding hydrogens is 362 g/mol. The van der Waals surface area contributed by atoms with Gasteiger partial charge < -0.3 is 26.6 Å². The van der Waals surface area contributed by atoms with Crippen LogP contribution in [0.3, 0.4) is 0 Å². The summed E-state index contributed by atoms with van der Waals surface area (Å²) < 4.78 is 0. The maximum atomic E-state index is 12.0. The molecule has 155 valence electrons. The van der Waals surface area contributed by atoms with Crippen molar-refractivity contribution in [2.45, 2.75) is 64.3 Å². The van der Waals surface area contributed by atoms with E-state index in [1.54, 1.807) is 32.3 Å². The Kier molecular flexibility index (Phi) is 9.61. The summed E-state index contributed by atoms with van der Waals surface area (Å²) in [5.41, 5.74) is 6.39. The minimum atomic E-state index is -1.00. The first-order valence-electron chi connectivity index (χ1n) is 9.33. The van der Waals surface area contributed by atoms with Gasteiger partial charge in [0, 0.05) is 6.42 Å². The normalized spacial score (nSPS) is 15.4. The predicted octanol–water partition coefficient (Wildman–Crippen LogP) is 0.158. The van der Waals surface area contributed by atoms with E-state index in [-0.39, 0.29) is 30.4 Å². The lowest BCUT2D eigenvalue weighted by molar-refractivity contribution is -0.123. The third-order valence-corrected chi connectivity index (χ3v) is 4.37. The standard InChI is InChI=1S/C20H30N3O5/c1-12(2)17(11-24)22-19(27)9-8-18(26)16(23-20(28)13(3)21)10-14-4-6-15(25)7-5-14/h4-7,12-13,16-18,25-26H,8-10,21H2,1-3H3,(H,22,27)(H,23,28)/t13?,16-,17?,18-/m0/s1. The van der Waals surface area contributed by atoms with Gasteiger partial charge in [-0.2, -0.15) is 0 Å². The molecule has 0 aromatic heterocycles. The summed E-state index contributed by atoms with van der Waals surface area (Å²) in [6.45, 7) is 5.12. The molecule has 1 rings (SSSR count). The number of phenolic OH excluding ortho intramolecular Hbond substituents is 1. The molecule has 0 spiro atoms. The maximum absolute atomic E-state index is 12.0. The molecule has 6 N–H and O–H groups in total. The number of rotatable bonds is 11. The number of aliphatic hydroxyl groups excluding tert-OH is 1. The summed E-state index contributed by atoms with van der Waals surface area (Å²) in [6, 6.07) is 4.31. The van der Waals surface area contributed by atoms with Crippen molar-refractivity contribution < 1.29 is 24.6 Å². The average Bonchev–Trinajstić information content (AvgIpc) is 2.64. The molecule has 8 heteroatoms. The highest BCUT2D eigenvalue weighted by molar-refractivity contribution is 5.81. The molecule has 0 aliphatic heterocycles. The molecule has 0 saturated carbocycles. The van der Waals surface area contributed by atoms with E-state index in [0.717, 1.165) is 5.56 Å². The van der Waals surface area contributed by atoms with Crippen molar-refractivity contribution in [3.63, 3.8) is 0 Å². The van der Waals surface area contributed by atoms with Crippen LogP contribution >= 0.6 is 0 Å². The smallest absolute Gasteiger partial charge is 0.236 e. The first kappa shape index (κ1) is 23.6. The van der Waals surface area contributed by atoms with Crippen LogP contribution in [0.4, 0.5) is 0 Å². The second kappa shape index (κ2) is 11.4. The van der Waals surface area contributed by atoms with Gasteiger partial charge in [-0.3, -0.25) is 14.4 Å². The molecule has 4 atom stereocenters. The lowest BCUT2D eigenvalue weighted by Gasteiger charge is -2.25. The Morgan fingerprint density at radius 3 is 2.25 bits per heavy atom. The Morgan fingerprint density at radius 1 is 1.14 bits per heavy atom. The second-order valence-electron chi connectivity index (χ2n) is 7.29. The predicted molar refractivity (Wildman–Crippen MR) is 105 cm³/mol. The van der Waals surface area contributed by atoms with Crippen LogP contribution in [-0.4, -0.2) is 52.5 Å². The number of hydrogen-bond acceptors (Lipinski definition) is 6. The minimum Gasteiger partial charge on any atom is -0.508 e. The van der Waals surface area contributed by atoms with Crippen molar-refractivity contribution in [2.24, 2.45) is 11.7 Å². The van der Waals surface area contributed by atoms with E-state index in [1.165, 1.54) is 19.1 Å². The first-order valence-corrected chi connectivity index (χ1v) is 9.33. The van der Waals surface area contributed by atoms with E-state index in [0.29, 0.717) is 6.42 Å². The fraction of sp³-hybridized carbons (Fsp3) is 0.550. The molecule has 2 amide bonds. The number of phenols is 1. The Hall–Kier alpha value is -2.45. The molecule has 0 heterocycles. The van der Waals surface area contributed by atoms with E-state index in [4.69, 9.17) is 5.73 Å². The number of nitrogens with one attached hydrogen (secondary N) is 2. The zero-order chi connectivity index (χ0) is 21.3. The molecule has 2 unspecified atom stereocenters. The maximum Gasteiger partial charge on any atom is 0.236 e. The van der Waals surface area contributed by atoms with E-state index in [1.807, 2.05) is 0 Å². The molecule has 0 fully saturated rings. The molecule has 0 aliphatic rings. The number of aliphatic hydroxyl groups is 1. The molecule has 1 aromatic carbocycles. The van der Waals surface area contributed by atoms with Crippen molar-refractivity contribution in [2.75, 3.05) is 0 Å². The van der Waals surface area contributed by atoms with Gasteiger partial charge in [-0.25, -0.2) is 0 Å². The number of benzene rings is 1. The summed E-state index contributed by atoms with van der Waals surface area (Å²) in [7, 11) is 0. The van der Waals surface area contributed by atoms with Gasteiger partial charge in [0.1, 0.15) is 5.75 Å². The van der Waals surface area contributed by atoms with Crippen LogP contribution in [0.5, 0.6) is 5.75 Å². The minimum absolute atomic E-state index is 0.00774. The lowest BCUT2D eigenvalue weighted by Crippen LogP contribution is -2.50. The zero-order valence-corrected chi connectivity index (χ0v) is 16.5. The van der Waals surface area contributed by atoms with Crippen LogP contribution in [0.15, 0.2) is 24.3 Å². The van der Waals surface area contributed by atoms with Gasteiger partial charge >= 0.3 is 0 Å². The summed E-state index contributed by atoms with van der Waals surface area (Å²) in [5, 5.41) is 25.2. The molecule has 28 heavy (non-hydrogen) atoms. The Balaban J connectivity index is 2.73. The summed E-state index contributed by atoms with van der Waals surface area (Å²) in [4.78, 5) is 34.9. The summed E-state index contributed by atoms with van der Waals surface area (Å²) in [6.07, 6.45) is 1.17. The summed E-state index contributed by atoms with van der Waals surface area (Å²) >= 11 is 0. The highest BCUT2D eigenvalue weighted by atomic mass is 16.3. The third kappa shape index (κ3) is 8.06. The van der Waals surface area contributed by atoms with Gasteiger partial charge in [0.25, 0.3) is 0 Å². The fourth-order valence-electron chi connectivity index (χ4n) is 2.54. The van der Waals surface area contributed by atoms with Crippen molar-refractivity contribution in [1.29, 1.82) is 0 Å². The SMILES string of the molecule is CC(N)C(=O)N[C@@H](Cc1ccc(O)cc1)[C@@H](O)CCC(=O)NC([C]=O)C(C)C. The van der Waals surface area contributed by atoms with Gasteiger partial charge in [-0.05, 0) is 43.4 Å². The van der Waals surface area contributed by atoms with Crippen LogP contribution in [-0.2, 0) is 20.8 Å². The zero-order valence-electron chi connectivity index (χ0n) is 16.5. The van der Waals surface area contributed by atoms with Gasteiger partial charge in [-0.1, -0.05) is 26.0 Å². The van der Waals surface area contributed by atoms with E-state index in [2.05, 4.69) is 10.6 Å². The Morgan fingerprint density at radius 2 is 1.75 bits per heavy atom. The van der Waals surface area contributed by atoms with E-state index in [9.17, 15) is 24.6 Å². The largest absolute Gasteiger partial charge is 0.508 e. The Bertz CT molecular complexity index is 646. The van der Waals surface area contributed by atoms with Gasteiger partial charge in [0.15, 0.2) is 0 Å². The summed E-state index contributed by atoms with van der Waals surface area (Å²) in [5.74, 6) is -0.756. The number of carbonyl (C=O) groups excluding carboxylic acids is 3. The third-order valence-electron chi connectivity index (χ3n) is 4.37. The Labute approximate surface area is 165 Å². The molecule has 1 radical (unpaired) electrons. The number of nitrogens with two attached hydrogens (primary N) is 1. The number of hydrogen-bond donors (Lipinski definition) is 5.